The first-order valence-corrected chi connectivity index (χ1v) is 7.98. The molecule has 1 aliphatic rings. The van der Waals surface area contributed by atoms with Gasteiger partial charge in [-0.1, -0.05) is 6.07 Å². The van der Waals surface area contributed by atoms with Crippen molar-refractivity contribution in [3.8, 4) is 0 Å². The number of likely N-dealkylation sites (N-methyl/N-ethyl adjacent to an activating group) is 1. The molecule has 0 radical (unpaired) electrons. The van der Waals surface area contributed by atoms with Crippen LogP contribution in [0.4, 0.5) is 20.4 Å². The first kappa shape index (κ1) is 17.2. The van der Waals surface area contributed by atoms with Gasteiger partial charge in [-0.3, -0.25) is 4.79 Å². The second-order valence-corrected chi connectivity index (χ2v) is 6.04. The number of carbonyl (C=O) groups excluding carboxylic acids is 1. The van der Waals surface area contributed by atoms with Crippen molar-refractivity contribution in [2.75, 3.05) is 43.4 Å². The number of benzene rings is 1. The minimum atomic E-state index is -0.835. The Kier molecular flexibility index (Phi) is 4.89. The number of nitrogens with zero attached hydrogens (tertiary/aromatic N) is 4. The minimum Gasteiger partial charge on any atom is -0.338 e. The lowest BCUT2D eigenvalue weighted by atomic mass is 10.2. The number of aromatic nitrogens is 2. The van der Waals surface area contributed by atoms with Crippen molar-refractivity contribution in [1.29, 1.82) is 0 Å². The molecule has 25 heavy (non-hydrogen) atoms. The normalized spacial score (nSPS) is 15.3. The van der Waals surface area contributed by atoms with Crippen molar-refractivity contribution in [1.82, 2.24) is 14.9 Å². The van der Waals surface area contributed by atoms with Crippen LogP contribution in [0, 0.1) is 18.6 Å². The zero-order valence-electron chi connectivity index (χ0n) is 14.1. The highest BCUT2D eigenvalue weighted by molar-refractivity contribution is 6.03. The standard InChI is InChI=1S/C17H19F2N5O/c1-11-10-14(16(25)22-15-12(18)4-3-5-13(15)19)21-17(20-11)24-8-6-23(2)7-9-24/h3-5,10H,6-9H2,1-2H3,(H,22,25). The van der Waals surface area contributed by atoms with Crippen molar-refractivity contribution in [3.63, 3.8) is 0 Å². The number of amides is 1. The molecule has 0 bridgehead atoms. The number of halogens is 2. The van der Waals surface area contributed by atoms with Gasteiger partial charge >= 0.3 is 0 Å². The smallest absolute Gasteiger partial charge is 0.274 e. The Morgan fingerprint density at radius 3 is 2.40 bits per heavy atom. The van der Waals surface area contributed by atoms with Gasteiger partial charge in [-0.2, -0.15) is 0 Å². The van der Waals surface area contributed by atoms with E-state index in [1.807, 2.05) is 11.9 Å². The van der Waals surface area contributed by atoms with Gasteiger partial charge in [0.1, 0.15) is 23.0 Å². The molecule has 0 atom stereocenters. The fourth-order valence-electron chi connectivity index (χ4n) is 2.61. The minimum absolute atomic E-state index is 0.0732. The summed E-state index contributed by atoms with van der Waals surface area (Å²) in [6.45, 7) is 5.01. The molecule has 0 unspecified atom stereocenters. The lowest BCUT2D eigenvalue weighted by Gasteiger charge is -2.32. The van der Waals surface area contributed by atoms with E-state index < -0.39 is 23.2 Å². The van der Waals surface area contributed by atoms with Crippen LogP contribution < -0.4 is 10.2 Å². The van der Waals surface area contributed by atoms with Gasteiger partial charge in [-0.15, -0.1) is 0 Å². The van der Waals surface area contributed by atoms with E-state index in [-0.39, 0.29) is 5.69 Å². The number of aryl methyl sites for hydroxylation is 1. The summed E-state index contributed by atoms with van der Waals surface area (Å²) in [4.78, 5) is 25.2. The summed E-state index contributed by atoms with van der Waals surface area (Å²) >= 11 is 0. The molecule has 0 aliphatic carbocycles. The number of para-hydroxylation sites is 1. The number of piperazine rings is 1. The van der Waals surface area contributed by atoms with E-state index in [0.29, 0.717) is 11.6 Å². The van der Waals surface area contributed by atoms with Gasteiger partial charge < -0.3 is 15.1 Å². The Bertz CT molecular complexity index is 770. The number of hydrogen-bond donors (Lipinski definition) is 1. The van der Waals surface area contributed by atoms with Crippen LogP contribution >= 0.6 is 0 Å². The fraction of sp³-hybridized carbons (Fsp3) is 0.353. The van der Waals surface area contributed by atoms with Gasteiger partial charge in [0.2, 0.25) is 5.95 Å². The number of nitrogens with one attached hydrogen (secondary N) is 1. The monoisotopic (exact) mass is 347 g/mol. The Hall–Kier alpha value is -2.61. The molecule has 3 rings (SSSR count). The van der Waals surface area contributed by atoms with Crippen molar-refractivity contribution in [2.45, 2.75) is 6.92 Å². The van der Waals surface area contributed by atoms with E-state index in [1.165, 1.54) is 12.1 Å². The molecular formula is C17H19F2N5O. The first-order chi connectivity index (χ1) is 11.9. The predicted molar refractivity (Wildman–Crippen MR) is 90.8 cm³/mol. The third kappa shape index (κ3) is 3.90. The van der Waals surface area contributed by atoms with Crippen LogP contribution in [0.3, 0.4) is 0 Å². The molecule has 2 aromatic rings. The molecule has 1 fully saturated rings. The van der Waals surface area contributed by atoms with Crippen molar-refractivity contribution in [2.24, 2.45) is 0 Å². The van der Waals surface area contributed by atoms with Crippen LogP contribution in [0.15, 0.2) is 24.3 Å². The van der Waals surface area contributed by atoms with Crippen molar-refractivity contribution >= 4 is 17.5 Å². The van der Waals surface area contributed by atoms with Crippen molar-refractivity contribution < 1.29 is 13.6 Å². The molecule has 1 N–H and O–H groups in total. The number of carbonyl (C=O) groups is 1. The molecule has 1 amide bonds. The Morgan fingerprint density at radius 1 is 1.12 bits per heavy atom. The van der Waals surface area contributed by atoms with Gasteiger partial charge in [-0.05, 0) is 32.2 Å². The zero-order valence-corrected chi connectivity index (χ0v) is 14.1. The van der Waals surface area contributed by atoms with Crippen LogP contribution in [0.25, 0.3) is 0 Å². The van der Waals surface area contributed by atoms with Crippen LogP contribution in [0.2, 0.25) is 0 Å². The van der Waals surface area contributed by atoms with Crippen LogP contribution in [-0.2, 0) is 0 Å². The maximum Gasteiger partial charge on any atom is 0.274 e. The van der Waals surface area contributed by atoms with Gasteiger partial charge in [0.15, 0.2) is 0 Å². The van der Waals surface area contributed by atoms with Crippen LogP contribution in [0.1, 0.15) is 16.2 Å². The molecule has 2 heterocycles. The van der Waals surface area contributed by atoms with Crippen molar-refractivity contribution in [3.05, 3.63) is 47.3 Å². The molecule has 1 aromatic heterocycles. The summed E-state index contributed by atoms with van der Waals surface area (Å²) < 4.78 is 27.4. The fourth-order valence-corrected chi connectivity index (χ4v) is 2.61. The number of hydrogen-bond acceptors (Lipinski definition) is 5. The summed E-state index contributed by atoms with van der Waals surface area (Å²) in [7, 11) is 2.04. The molecular weight excluding hydrogens is 328 g/mol. The highest BCUT2D eigenvalue weighted by Gasteiger charge is 2.20. The largest absolute Gasteiger partial charge is 0.338 e. The lowest BCUT2D eigenvalue weighted by molar-refractivity contribution is 0.102. The third-order valence-electron chi connectivity index (χ3n) is 4.06. The van der Waals surface area contributed by atoms with Gasteiger partial charge in [0, 0.05) is 31.9 Å². The maximum absolute atomic E-state index is 13.7. The molecule has 1 saturated heterocycles. The third-order valence-corrected chi connectivity index (χ3v) is 4.06. The summed E-state index contributed by atoms with van der Waals surface area (Å²) in [5.41, 5.74) is 0.206. The van der Waals surface area contributed by atoms with Gasteiger partial charge in [0.05, 0.1) is 0 Å². The molecule has 132 valence electrons. The van der Waals surface area contributed by atoms with Gasteiger partial charge in [-0.25, -0.2) is 18.7 Å². The summed E-state index contributed by atoms with van der Waals surface area (Å²) in [6, 6.07) is 4.90. The van der Waals surface area contributed by atoms with Crippen LogP contribution in [-0.4, -0.2) is 54.0 Å². The predicted octanol–water partition coefficient (Wildman–Crippen LogP) is 2.07. The van der Waals surface area contributed by atoms with E-state index in [2.05, 4.69) is 20.2 Å². The SMILES string of the molecule is Cc1cc(C(=O)Nc2c(F)cccc2F)nc(N2CCN(C)CC2)n1. The van der Waals surface area contributed by atoms with E-state index in [1.54, 1.807) is 6.92 Å². The summed E-state index contributed by atoms with van der Waals surface area (Å²) in [5.74, 6) is -1.89. The highest BCUT2D eigenvalue weighted by Crippen LogP contribution is 2.19. The number of rotatable bonds is 3. The molecule has 1 aliphatic heterocycles. The Balaban J connectivity index is 1.83. The summed E-state index contributed by atoms with van der Waals surface area (Å²) in [6.07, 6.45) is 0. The molecule has 1 aromatic carbocycles. The van der Waals surface area contributed by atoms with E-state index in [4.69, 9.17) is 0 Å². The lowest BCUT2D eigenvalue weighted by Crippen LogP contribution is -2.45. The van der Waals surface area contributed by atoms with E-state index >= 15 is 0 Å². The highest BCUT2D eigenvalue weighted by atomic mass is 19.1. The van der Waals surface area contributed by atoms with Crippen LogP contribution in [0.5, 0.6) is 0 Å². The summed E-state index contributed by atoms with van der Waals surface area (Å²) in [5, 5.41) is 2.25. The zero-order chi connectivity index (χ0) is 18.0. The average molecular weight is 347 g/mol. The van der Waals surface area contributed by atoms with Gasteiger partial charge in [0.25, 0.3) is 5.91 Å². The quantitative estimate of drug-likeness (QED) is 0.921. The van der Waals surface area contributed by atoms with E-state index in [0.717, 1.165) is 38.3 Å². The first-order valence-electron chi connectivity index (χ1n) is 7.98. The Morgan fingerprint density at radius 2 is 1.76 bits per heavy atom. The number of anilines is 2. The molecule has 6 nitrogen and oxygen atoms in total. The second-order valence-electron chi connectivity index (χ2n) is 6.04. The maximum atomic E-state index is 13.7. The molecule has 0 spiro atoms. The molecule has 8 heteroatoms. The van der Waals surface area contributed by atoms with E-state index in [9.17, 15) is 13.6 Å². The Labute approximate surface area is 144 Å². The average Bonchev–Trinajstić information content (AvgIpc) is 2.58. The second kappa shape index (κ2) is 7.10. The topological polar surface area (TPSA) is 61.4 Å². The molecule has 0 saturated carbocycles.